The van der Waals surface area contributed by atoms with Crippen molar-refractivity contribution in [2.75, 3.05) is 18.8 Å². The number of carbonyl (C=O) groups excluding carboxylic acids is 1. The molecule has 7 N–H and O–H groups in total. The highest BCUT2D eigenvalue weighted by molar-refractivity contribution is 7.89. The maximum Gasteiger partial charge on any atom is 0.250 e. The van der Waals surface area contributed by atoms with Gasteiger partial charge in [-0.05, 0) is 47.6 Å². The van der Waals surface area contributed by atoms with Crippen LogP contribution in [0.5, 0.6) is 0 Å². The van der Waals surface area contributed by atoms with Gasteiger partial charge in [0, 0.05) is 25.2 Å². The first-order valence-electron chi connectivity index (χ1n) is 11.2. The van der Waals surface area contributed by atoms with Crippen LogP contribution in [-0.2, 0) is 27.7 Å². The summed E-state index contributed by atoms with van der Waals surface area (Å²) in [6.45, 7) is 3.51. The van der Waals surface area contributed by atoms with Crippen LogP contribution in [0.3, 0.4) is 0 Å². The Hall–Kier alpha value is -2.44. The van der Waals surface area contributed by atoms with Crippen LogP contribution in [0.1, 0.15) is 25.0 Å². The third-order valence-corrected chi connectivity index (χ3v) is 6.87. The van der Waals surface area contributed by atoms with Crippen molar-refractivity contribution in [3.63, 3.8) is 0 Å². The lowest BCUT2D eigenvalue weighted by molar-refractivity contribution is -0.130. The predicted octanol–water partition coefficient (Wildman–Crippen LogP) is 0.827. The zero-order valence-electron chi connectivity index (χ0n) is 19.9. The van der Waals surface area contributed by atoms with E-state index in [9.17, 15) is 27.1 Å². The summed E-state index contributed by atoms with van der Waals surface area (Å²) in [4.78, 5) is 12.3. The van der Waals surface area contributed by atoms with Crippen LogP contribution in [0.2, 0.25) is 0 Å². The summed E-state index contributed by atoms with van der Waals surface area (Å²) < 4.78 is 54.4. The summed E-state index contributed by atoms with van der Waals surface area (Å²) in [5, 5.41) is 12.9. The normalized spacial score (nSPS) is 14.8. The Kier molecular flexibility index (Phi) is 10.3. The number of carbonyl (C=O) groups is 1. The van der Waals surface area contributed by atoms with Crippen LogP contribution in [0.25, 0.3) is 0 Å². The zero-order chi connectivity index (χ0) is 26.2. The summed E-state index contributed by atoms with van der Waals surface area (Å²) in [6, 6.07) is 10.4. The van der Waals surface area contributed by atoms with E-state index >= 15 is 0 Å². The molecule has 3 unspecified atom stereocenters. The molecule has 35 heavy (non-hydrogen) atoms. The quantitative estimate of drug-likeness (QED) is 0.269. The number of hydrogen-bond acceptors (Lipinski definition) is 6. The van der Waals surface area contributed by atoms with E-state index in [0.717, 1.165) is 23.8 Å². The van der Waals surface area contributed by atoms with Gasteiger partial charge in [0.05, 0.1) is 5.75 Å². The molecule has 0 aromatic heterocycles. The Bertz CT molecular complexity index is 1080. The number of sulfonamides is 1. The van der Waals surface area contributed by atoms with E-state index in [1.54, 1.807) is 13.8 Å². The van der Waals surface area contributed by atoms with Gasteiger partial charge in [-0.25, -0.2) is 21.9 Å². The molecule has 0 fully saturated rings. The molecule has 11 heteroatoms. The average molecular weight is 513 g/mol. The number of rotatable bonds is 13. The Morgan fingerprint density at radius 2 is 1.71 bits per heavy atom. The van der Waals surface area contributed by atoms with Gasteiger partial charge in [-0.3, -0.25) is 4.79 Å². The fourth-order valence-corrected chi connectivity index (χ4v) is 4.78. The molecule has 2 aromatic carbocycles. The van der Waals surface area contributed by atoms with Gasteiger partial charge in [0.15, 0.2) is 0 Å². The van der Waals surface area contributed by atoms with E-state index < -0.39 is 56.9 Å². The number of halogens is 2. The van der Waals surface area contributed by atoms with E-state index in [-0.39, 0.29) is 25.1 Å². The molecule has 0 radical (unpaired) electrons. The molecule has 8 nitrogen and oxygen atoms in total. The van der Waals surface area contributed by atoms with E-state index in [2.05, 4.69) is 10.0 Å². The molecule has 0 spiro atoms. The van der Waals surface area contributed by atoms with Crippen molar-refractivity contribution in [1.82, 2.24) is 10.0 Å². The molecule has 0 aliphatic carbocycles. The largest absolute Gasteiger partial charge is 0.382 e. The molecule has 0 heterocycles. The highest BCUT2D eigenvalue weighted by Crippen LogP contribution is 2.15. The Balaban J connectivity index is 1.81. The first-order chi connectivity index (χ1) is 16.3. The van der Waals surface area contributed by atoms with Crippen LogP contribution >= 0.6 is 0 Å². The molecular weight excluding hydrogens is 478 g/mol. The standard InChI is InChI=1S/C24H34F2N4O4S/c1-24(2,14-29-23(32)22(31)21(28)10-16-6-4-3-5-7-16)15-30-35(33,34)13-19(27)12-17-11-18(25)8-9-20(17)26/h3-9,11,19,21-22,30-31H,10,12-15,27-28H2,1-2H3,(H,29,32). The number of aliphatic hydroxyl groups excluding tert-OH is 1. The molecule has 0 aliphatic rings. The topological polar surface area (TPSA) is 148 Å². The molecule has 3 atom stereocenters. The number of amides is 1. The fraction of sp³-hybridized carbons (Fsp3) is 0.458. The molecule has 2 aromatic rings. The van der Waals surface area contributed by atoms with Crippen LogP contribution in [-0.4, -0.2) is 56.5 Å². The summed E-state index contributed by atoms with van der Waals surface area (Å²) >= 11 is 0. The van der Waals surface area contributed by atoms with Gasteiger partial charge in [-0.2, -0.15) is 0 Å². The molecular formula is C24H34F2N4O4S. The van der Waals surface area contributed by atoms with Crippen molar-refractivity contribution < 1.29 is 27.1 Å². The zero-order valence-corrected chi connectivity index (χ0v) is 20.7. The second kappa shape index (κ2) is 12.5. The van der Waals surface area contributed by atoms with Gasteiger partial charge in [0.2, 0.25) is 15.9 Å². The second-order valence-corrected chi connectivity index (χ2v) is 11.3. The lowest BCUT2D eigenvalue weighted by Crippen LogP contribution is -2.50. The van der Waals surface area contributed by atoms with E-state index in [4.69, 9.17) is 11.5 Å². The minimum Gasteiger partial charge on any atom is -0.382 e. The third-order valence-electron chi connectivity index (χ3n) is 5.42. The third kappa shape index (κ3) is 9.98. The maximum atomic E-state index is 13.8. The maximum absolute atomic E-state index is 13.8. The minimum absolute atomic E-state index is 0.000211. The van der Waals surface area contributed by atoms with Crippen LogP contribution in [0.4, 0.5) is 8.78 Å². The van der Waals surface area contributed by atoms with E-state index in [1.807, 2.05) is 30.3 Å². The van der Waals surface area contributed by atoms with Crippen molar-refractivity contribution in [3.8, 4) is 0 Å². The van der Waals surface area contributed by atoms with Crippen LogP contribution in [0, 0.1) is 17.0 Å². The van der Waals surface area contributed by atoms with Gasteiger partial charge in [0.1, 0.15) is 17.7 Å². The highest BCUT2D eigenvalue weighted by Gasteiger charge is 2.27. The lowest BCUT2D eigenvalue weighted by Gasteiger charge is -2.27. The first-order valence-corrected chi connectivity index (χ1v) is 12.9. The molecule has 0 saturated heterocycles. The summed E-state index contributed by atoms with van der Waals surface area (Å²) in [5.74, 6) is -2.43. The highest BCUT2D eigenvalue weighted by atomic mass is 32.2. The molecule has 2 rings (SSSR count). The monoisotopic (exact) mass is 512 g/mol. The number of benzene rings is 2. The van der Waals surface area contributed by atoms with Crippen molar-refractivity contribution in [3.05, 3.63) is 71.3 Å². The van der Waals surface area contributed by atoms with Crippen molar-refractivity contribution in [1.29, 1.82) is 0 Å². The number of aliphatic hydroxyl groups is 1. The first kappa shape index (κ1) is 28.8. The average Bonchev–Trinajstić information content (AvgIpc) is 2.78. The van der Waals surface area contributed by atoms with Gasteiger partial charge in [-0.15, -0.1) is 0 Å². The van der Waals surface area contributed by atoms with Crippen molar-refractivity contribution in [2.45, 2.75) is 44.9 Å². The molecule has 1 amide bonds. The number of nitrogens with one attached hydrogen (secondary N) is 2. The van der Waals surface area contributed by atoms with Gasteiger partial charge < -0.3 is 21.9 Å². The predicted molar refractivity (Wildman–Crippen MR) is 131 cm³/mol. The summed E-state index contributed by atoms with van der Waals surface area (Å²) in [5.41, 5.74) is 12.0. The van der Waals surface area contributed by atoms with Crippen molar-refractivity contribution >= 4 is 15.9 Å². The molecule has 0 saturated carbocycles. The Morgan fingerprint density at radius 1 is 1.06 bits per heavy atom. The van der Waals surface area contributed by atoms with Gasteiger partial charge in [0.25, 0.3) is 0 Å². The van der Waals surface area contributed by atoms with Gasteiger partial charge in [-0.1, -0.05) is 44.2 Å². The number of hydrogen-bond donors (Lipinski definition) is 5. The van der Waals surface area contributed by atoms with Crippen LogP contribution in [0.15, 0.2) is 48.5 Å². The lowest BCUT2D eigenvalue weighted by atomic mass is 9.93. The molecule has 0 aliphatic heterocycles. The Labute approximate surface area is 205 Å². The fourth-order valence-electron chi connectivity index (χ4n) is 3.37. The van der Waals surface area contributed by atoms with E-state index in [1.165, 1.54) is 0 Å². The van der Waals surface area contributed by atoms with E-state index in [0.29, 0.717) is 6.42 Å². The van der Waals surface area contributed by atoms with Crippen LogP contribution < -0.4 is 21.5 Å². The smallest absolute Gasteiger partial charge is 0.250 e. The Morgan fingerprint density at radius 3 is 2.37 bits per heavy atom. The minimum atomic E-state index is -3.83. The van der Waals surface area contributed by atoms with Crippen molar-refractivity contribution in [2.24, 2.45) is 16.9 Å². The SMILES string of the molecule is CC(C)(CNC(=O)C(O)C(N)Cc1ccccc1)CNS(=O)(=O)CC(N)Cc1cc(F)ccc1F. The summed E-state index contributed by atoms with van der Waals surface area (Å²) in [7, 11) is -3.83. The molecule has 194 valence electrons. The summed E-state index contributed by atoms with van der Waals surface area (Å²) in [6.07, 6.45) is -1.26. The molecule has 0 bridgehead atoms. The van der Waals surface area contributed by atoms with Gasteiger partial charge >= 0.3 is 0 Å². The second-order valence-electron chi connectivity index (χ2n) is 9.48. The number of nitrogens with two attached hydrogens (primary N) is 2.